The van der Waals surface area contributed by atoms with Crippen molar-refractivity contribution >= 4 is 5.97 Å². The van der Waals surface area contributed by atoms with Gasteiger partial charge in [-0.2, -0.15) is 0 Å². The van der Waals surface area contributed by atoms with Crippen LogP contribution in [-0.4, -0.2) is 18.4 Å². The average Bonchev–Trinajstić information content (AvgIpc) is 2.50. The molecular weight excluding hydrogens is 324 g/mol. The number of hydrogen-bond donors (Lipinski definition) is 0. The van der Waals surface area contributed by atoms with E-state index < -0.39 is 11.7 Å². The molecule has 3 nitrogen and oxygen atoms in total. The Balaban J connectivity index is 2.88. The number of esters is 1. The van der Waals surface area contributed by atoms with Crippen LogP contribution < -0.4 is 0 Å². The average molecular weight is 369 g/mol. The third kappa shape index (κ3) is 7.98. The minimum atomic E-state index is -0.473. The zero-order valence-corrected chi connectivity index (χ0v) is 18.7. The summed E-state index contributed by atoms with van der Waals surface area (Å²) in [5.74, 6) is -0.0865. The minimum absolute atomic E-state index is 0.0863. The van der Waals surface area contributed by atoms with Crippen LogP contribution >= 0.6 is 0 Å². The quantitative estimate of drug-likeness (QED) is 0.346. The first-order chi connectivity index (χ1) is 11.9. The molecule has 0 aromatic rings. The third-order valence-electron chi connectivity index (χ3n) is 5.28. The Morgan fingerprint density at radius 2 is 1.58 bits per heavy atom. The van der Waals surface area contributed by atoms with Crippen molar-refractivity contribution in [2.24, 2.45) is 16.2 Å². The molecule has 1 rings (SSSR count). The van der Waals surface area contributed by atoms with Crippen molar-refractivity contribution < 1.29 is 14.3 Å². The van der Waals surface area contributed by atoms with Gasteiger partial charge in [0, 0.05) is 5.41 Å². The van der Waals surface area contributed by atoms with E-state index in [0.717, 1.165) is 38.5 Å². The Hall–Kier alpha value is -0.570. The summed E-state index contributed by atoms with van der Waals surface area (Å²) in [6.45, 7) is 17.1. The van der Waals surface area contributed by atoms with Crippen LogP contribution in [0.5, 0.6) is 0 Å². The van der Waals surface area contributed by atoms with Gasteiger partial charge in [0.05, 0.1) is 11.5 Å². The molecule has 2 atom stereocenters. The predicted octanol–water partition coefficient (Wildman–Crippen LogP) is 6.88. The van der Waals surface area contributed by atoms with E-state index >= 15 is 0 Å². The normalized spacial score (nSPS) is 20.5. The molecule has 0 bridgehead atoms. The molecule has 3 heteroatoms. The maximum atomic E-state index is 13.2. The molecule has 1 saturated carbocycles. The molecule has 2 unspecified atom stereocenters. The Kier molecular flexibility index (Phi) is 8.64. The summed E-state index contributed by atoms with van der Waals surface area (Å²) in [5.41, 5.74) is -0.586. The van der Waals surface area contributed by atoms with Crippen molar-refractivity contribution in [2.75, 3.05) is 0 Å². The highest BCUT2D eigenvalue weighted by Crippen LogP contribution is 2.40. The van der Waals surface area contributed by atoms with E-state index in [4.69, 9.17) is 9.47 Å². The summed E-state index contributed by atoms with van der Waals surface area (Å²) >= 11 is 0. The van der Waals surface area contributed by atoms with Crippen molar-refractivity contribution in [1.82, 2.24) is 0 Å². The molecule has 0 heterocycles. The van der Waals surface area contributed by atoms with Gasteiger partial charge < -0.3 is 9.47 Å². The summed E-state index contributed by atoms with van der Waals surface area (Å²) in [7, 11) is 0. The molecule has 0 radical (unpaired) electrons. The van der Waals surface area contributed by atoms with Crippen LogP contribution in [0.3, 0.4) is 0 Å². The van der Waals surface area contributed by atoms with Crippen LogP contribution in [0, 0.1) is 16.2 Å². The van der Waals surface area contributed by atoms with E-state index in [0.29, 0.717) is 0 Å². The van der Waals surface area contributed by atoms with E-state index in [1.54, 1.807) is 0 Å². The first-order valence-corrected chi connectivity index (χ1v) is 10.7. The molecule has 154 valence electrons. The fourth-order valence-electron chi connectivity index (χ4n) is 4.02. The minimum Gasteiger partial charge on any atom is -0.435 e. The van der Waals surface area contributed by atoms with Crippen LogP contribution in [0.15, 0.2) is 0 Å². The van der Waals surface area contributed by atoms with E-state index in [2.05, 4.69) is 55.4 Å². The van der Waals surface area contributed by atoms with Gasteiger partial charge in [-0.05, 0) is 38.0 Å². The second kappa shape index (κ2) is 9.57. The summed E-state index contributed by atoms with van der Waals surface area (Å²) in [6.07, 6.45) is 9.49. The van der Waals surface area contributed by atoms with Gasteiger partial charge in [-0.15, -0.1) is 0 Å². The van der Waals surface area contributed by atoms with Gasteiger partial charge in [0.1, 0.15) is 0 Å². The van der Waals surface area contributed by atoms with Crippen LogP contribution in [0.2, 0.25) is 0 Å². The molecule has 0 saturated heterocycles. The number of carbonyl (C=O) groups excluding carboxylic acids is 1. The monoisotopic (exact) mass is 368 g/mol. The largest absolute Gasteiger partial charge is 0.435 e. The van der Waals surface area contributed by atoms with E-state index in [1.807, 2.05) is 0 Å². The van der Waals surface area contributed by atoms with Crippen LogP contribution in [0.4, 0.5) is 0 Å². The fourth-order valence-corrected chi connectivity index (χ4v) is 4.02. The van der Waals surface area contributed by atoms with Gasteiger partial charge in [-0.25, -0.2) is 0 Å². The summed E-state index contributed by atoms with van der Waals surface area (Å²) in [6, 6.07) is 0. The molecule has 0 spiro atoms. The lowest BCUT2D eigenvalue weighted by atomic mass is 9.72. The molecule has 1 fully saturated rings. The van der Waals surface area contributed by atoms with Crippen molar-refractivity contribution in [3.63, 3.8) is 0 Å². The Morgan fingerprint density at radius 3 is 2.04 bits per heavy atom. The van der Waals surface area contributed by atoms with Crippen molar-refractivity contribution in [1.29, 1.82) is 0 Å². The van der Waals surface area contributed by atoms with Gasteiger partial charge in [0.25, 0.3) is 0 Å². The van der Waals surface area contributed by atoms with Gasteiger partial charge in [-0.1, -0.05) is 80.6 Å². The first-order valence-electron chi connectivity index (χ1n) is 10.7. The van der Waals surface area contributed by atoms with Gasteiger partial charge in [0.15, 0.2) is 0 Å². The molecule has 0 aliphatic heterocycles. The molecular formula is C23H44O3. The van der Waals surface area contributed by atoms with Crippen LogP contribution in [0.25, 0.3) is 0 Å². The molecule has 26 heavy (non-hydrogen) atoms. The number of carbonyl (C=O) groups is 1. The second-order valence-corrected chi connectivity index (χ2v) is 10.9. The first kappa shape index (κ1) is 23.5. The molecule has 0 N–H and O–H groups in total. The Bertz CT molecular complexity index is 424. The van der Waals surface area contributed by atoms with E-state index in [1.165, 1.54) is 19.3 Å². The van der Waals surface area contributed by atoms with Gasteiger partial charge in [0.2, 0.25) is 6.29 Å². The SMILES string of the molecule is CCCCC(C)(CC(C)(C)C)C(=O)OC(OC1CCCCC1)C(C)(C)C. The lowest BCUT2D eigenvalue weighted by molar-refractivity contribution is -0.230. The highest BCUT2D eigenvalue weighted by molar-refractivity contribution is 5.76. The van der Waals surface area contributed by atoms with E-state index in [9.17, 15) is 4.79 Å². The molecule has 1 aliphatic carbocycles. The highest BCUT2D eigenvalue weighted by atomic mass is 16.7. The maximum Gasteiger partial charge on any atom is 0.314 e. The predicted molar refractivity (Wildman–Crippen MR) is 109 cm³/mol. The lowest BCUT2D eigenvalue weighted by Crippen LogP contribution is -2.43. The fraction of sp³-hybridized carbons (Fsp3) is 0.957. The zero-order valence-electron chi connectivity index (χ0n) is 18.7. The van der Waals surface area contributed by atoms with Crippen molar-refractivity contribution in [2.45, 2.75) is 126 Å². The number of rotatable bonds is 8. The van der Waals surface area contributed by atoms with Crippen molar-refractivity contribution in [3.05, 3.63) is 0 Å². The molecule has 0 aromatic carbocycles. The van der Waals surface area contributed by atoms with Gasteiger partial charge in [-0.3, -0.25) is 4.79 Å². The molecule has 1 aliphatic rings. The maximum absolute atomic E-state index is 13.2. The topological polar surface area (TPSA) is 35.5 Å². The lowest BCUT2D eigenvalue weighted by Gasteiger charge is -2.39. The third-order valence-corrected chi connectivity index (χ3v) is 5.28. The Morgan fingerprint density at radius 1 is 1.00 bits per heavy atom. The van der Waals surface area contributed by atoms with Crippen LogP contribution in [-0.2, 0) is 14.3 Å². The number of unbranched alkanes of at least 4 members (excludes halogenated alkanes) is 1. The smallest absolute Gasteiger partial charge is 0.314 e. The Labute approximate surface area is 162 Å². The van der Waals surface area contributed by atoms with Crippen LogP contribution in [0.1, 0.15) is 113 Å². The molecule has 0 amide bonds. The summed E-state index contributed by atoms with van der Waals surface area (Å²) in [4.78, 5) is 13.2. The van der Waals surface area contributed by atoms with E-state index in [-0.39, 0.29) is 22.9 Å². The summed E-state index contributed by atoms with van der Waals surface area (Å²) < 4.78 is 12.4. The zero-order chi connectivity index (χ0) is 20.0. The van der Waals surface area contributed by atoms with Gasteiger partial charge >= 0.3 is 5.97 Å². The molecule has 0 aromatic heterocycles. The number of ether oxygens (including phenoxy) is 2. The standard InChI is InChI=1S/C23H44O3/c1-9-10-16-23(8,17-21(2,3)4)19(24)26-20(22(5,6)7)25-18-14-12-11-13-15-18/h18,20H,9-17H2,1-8H3. The highest BCUT2D eigenvalue weighted by Gasteiger charge is 2.41. The summed E-state index contributed by atoms with van der Waals surface area (Å²) in [5, 5.41) is 0. The van der Waals surface area contributed by atoms with Crippen molar-refractivity contribution in [3.8, 4) is 0 Å². The number of hydrogen-bond acceptors (Lipinski definition) is 3. The second-order valence-electron chi connectivity index (χ2n) is 10.9.